The van der Waals surface area contributed by atoms with Crippen molar-refractivity contribution < 1.29 is 18.4 Å². The van der Waals surface area contributed by atoms with Gasteiger partial charge in [0.25, 0.3) is 0 Å². The van der Waals surface area contributed by atoms with E-state index in [9.17, 15) is 4.79 Å². The summed E-state index contributed by atoms with van der Waals surface area (Å²) in [5.41, 5.74) is 3.06. The SMILES string of the molecule is CN(C(=O)OC1CC2CC[N+]1(CCCc1ccccc1)CC2)c1ccccc1-c1ccco1. The van der Waals surface area contributed by atoms with Gasteiger partial charge in [0.15, 0.2) is 0 Å². The third kappa shape index (κ3) is 4.55. The molecule has 2 aromatic carbocycles. The molecule has 33 heavy (non-hydrogen) atoms. The Bertz CT molecular complexity index is 1060. The summed E-state index contributed by atoms with van der Waals surface area (Å²) in [7, 11) is 1.79. The second kappa shape index (κ2) is 9.44. The van der Waals surface area contributed by atoms with Crippen molar-refractivity contribution in [1.82, 2.24) is 0 Å². The zero-order valence-electron chi connectivity index (χ0n) is 19.4. The number of hydrogen-bond acceptors (Lipinski definition) is 3. The zero-order chi connectivity index (χ0) is 22.7. The van der Waals surface area contributed by atoms with E-state index < -0.39 is 0 Å². The molecule has 3 fully saturated rings. The molecule has 0 N–H and O–H groups in total. The van der Waals surface area contributed by atoms with Crippen molar-refractivity contribution in [3.05, 3.63) is 78.6 Å². The van der Waals surface area contributed by atoms with Crippen LogP contribution in [0.25, 0.3) is 11.3 Å². The number of aryl methyl sites for hydroxylation is 1. The zero-order valence-corrected chi connectivity index (χ0v) is 19.4. The van der Waals surface area contributed by atoms with Crippen LogP contribution in [0, 0.1) is 5.92 Å². The van der Waals surface area contributed by atoms with E-state index in [0.29, 0.717) is 5.92 Å². The van der Waals surface area contributed by atoms with Crippen molar-refractivity contribution in [3.8, 4) is 11.3 Å². The van der Waals surface area contributed by atoms with Gasteiger partial charge in [-0.1, -0.05) is 42.5 Å². The van der Waals surface area contributed by atoms with Gasteiger partial charge in [0.1, 0.15) is 5.76 Å². The Morgan fingerprint density at radius 3 is 2.55 bits per heavy atom. The van der Waals surface area contributed by atoms with E-state index >= 15 is 0 Å². The third-order valence-corrected chi connectivity index (χ3v) is 7.59. The number of para-hydroxylation sites is 1. The Morgan fingerprint density at radius 1 is 1.03 bits per heavy atom. The first-order valence-corrected chi connectivity index (χ1v) is 12.1. The minimum absolute atomic E-state index is 0.0565. The summed E-state index contributed by atoms with van der Waals surface area (Å²) >= 11 is 0. The van der Waals surface area contributed by atoms with Gasteiger partial charge in [0.2, 0.25) is 6.23 Å². The molecule has 0 radical (unpaired) electrons. The summed E-state index contributed by atoms with van der Waals surface area (Å²) in [6, 6.07) is 22.3. The molecule has 4 heterocycles. The Balaban J connectivity index is 1.29. The minimum atomic E-state index is -0.285. The predicted octanol–water partition coefficient (Wildman–Crippen LogP) is 6.11. The molecule has 5 heteroatoms. The average Bonchev–Trinajstić information content (AvgIpc) is 3.40. The molecule has 1 amide bonds. The highest BCUT2D eigenvalue weighted by Gasteiger charge is 2.49. The molecule has 3 aliphatic heterocycles. The minimum Gasteiger partial charge on any atom is -0.464 e. The maximum atomic E-state index is 13.3. The summed E-state index contributed by atoms with van der Waals surface area (Å²) < 4.78 is 12.8. The highest BCUT2D eigenvalue weighted by Crippen LogP contribution is 2.40. The number of quaternary nitrogens is 1. The van der Waals surface area contributed by atoms with Crippen molar-refractivity contribution in [2.75, 3.05) is 31.6 Å². The Hall–Kier alpha value is -3.05. The number of benzene rings is 2. The van der Waals surface area contributed by atoms with Crippen LogP contribution in [0.2, 0.25) is 0 Å². The van der Waals surface area contributed by atoms with Crippen LogP contribution in [0.15, 0.2) is 77.4 Å². The van der Waals surface area contributed by atoms with Gasteiger partial charge < -0.3 is 9.15 Å². The molecule has 5 nitrogen and oxygen atoms in total. The normalized spacial score (nSPS) is 23.9. The van der Waals surface area contributed by atoms with Crippen molar-refractivity contribution >= 4 is 11.8 Å². The number of piperidine rings is 3. The van der Waals surface area contributed by atoms with Crippen molar-refractivity contribution in [2.24, 2.45) is 5.92 Å². The van der Waals surface area contributed by atoms with Gasteiger partial charge >= 0.3 is 6.09 Å². The molecule has 172 valence electrons. The van der Waals surface area contributed by atoms with Gasteiger partial charge in [-0.2, -0.15) is 0 Å². The van der Waals surface area contributed by atoms with Gasteiger partial charge in [0.05, 0.1) is 31.6 Å². The fourth-order valence-electron chi connectivity index (χ4n) is 5.64. The van der Waals surface area contributed by atoms with Crippen LogP contribution in [0.1, 0.15) is 31.2 Å². The van der Waals surface area contributed by atoms with Gasteiger partial charge in [-0.3, -0.25) is 9.38 Å². The second-order valence-electron chi connectivity index (χ2n) is 9.55. The van der Waals surface area contributed by atoms with Crippen LogP contribution in [0.5, 0.6) is 0 Å². The van der Waals surface area contributed by atoms with Gasteiger partial charge in [-0.05, 0) is 42.2 Å². The van der Waals surface area contributed by atoms with Crippen LogP contribution in [0.3, 0.4) is 0 Å². The van der Waals surface area contributed by atoms with E-state index in [4.69, 9.17) is 9.15 Å². The van der Waals surface area contributed by atoms with Crippen LogP contribution in [-0.4, -0.2) is 43.5 Å². The van der Waals surface area contributed by atoms with E-state index in [1.807, 2.05) is 36.4 Å². The average molecular weight is 446 g/mol. The summed E-state index contributed by atoms with van der Waals surface area (Å²) in [6.45, 7) is 3.29. The molecule has 0 aliphatic carbocycles. The van der Waals surface area contributed by atoms with Crippen LogP contribution in [0.4, 0.5) is 10.5 Å². The van der Waals surface area contributed by atoms with E-state index in [2.05, 4.69) is 30.3 Å². The largest absolute Gasteiger partial charge is 0.464 e. The Morgan fingerprint density at radius 2 is 1.79 bits per heavy atom. The summed E-state index contributed by atoms with van der Waals surface area (Å²) in [5, 5.41) is 0. The van der Waals surface area contributed by atoms with E-state index in [0.717, 1.165) is 60.4 Å². The Labute approximate surface area is 196 Å². The topological polar surface area (TPSA) is 42.7 Å². The van der Waals surface area contributed by atoms with Gasteiger partial charge in [0, 0.05) is 38.3 Å². The fraction of sp³-hybridized carbons (Fsp3) is 0.393. The number of carbonyl (C=O) groups is 1. The molecule has 3 aromatic rings. The molecule has 3 aliphatic rings. The molecule has 1 atom stereocenters. The summed E-state index contributed by atoms with van der Waals surface area (Å²) in [6.07, 6.45) is 6.96. The standard InChI is InChI=1S/C28H33N2O3/c1-29(25-13-6-5-12-24(25)26-14-8-20-32-26)28(31)33-27-21-23-15-18-30(27,19-16-23)17-7-11-22-9-3-2-4-10-22/h2-6,8-10,12-14,20,23,27H,7,11,15-19,21H2,1H3/q+1. The third-order valence-electron chi connectivity index (χ3n) is 7.59. The van der Waals surface area contributed by atoms with Gasteiger partial charge in [-0.15, -0.1) is 0 Å². The predicted molar refractivity (Wildman–Crippen MR) is 130 cm³/mol. The highest BCUT2D eigenvalue weighted by molar-refractivity contribution is 5.92. The van der Waals surface area contributed by atoms with Gasteiger partial charge in [-0.25, -0.2) is 4.79 Å². The Kier molecular flexibility index (Phi) is 6.23. The number of carbonyl (C=O) groups excluding carboxylic acids is 1. The van der Waals surface area contributed by atoms with Crippen LogP contribution >= 0.6 is 0 Å². The van der Waals surface area contributed by atoms with Crippen LogP contribution < -0.4 is 4.90 Å². The molecule has 2 bridgehead atoms. The number of anilines is 1. The van der Waals surface area contributed by atoms with Crippen molar-refractivity contribution in [3.63, 3.8) is 0 Å². The van der Waals surface area contributed by atoms with E-state index in [1.165, 1.54) is 18.4 Å². The number of amides is 1. The number of fused-ring (bicyclic) bond motifs is 3. The first-order valence-electron chi connectivity index (χ1n) is 12.1. The maximum Gasteiger partial charge on any atom is 0.418 e. The van der Waals surface area contributed by atoms with Crippen LogP contribution in [-0.2, 0) is 11.2 Å². The second-order valence-corrected chi connectivity index (χ2v) is 9.55. The monoisotopic (exact) mass is 445 g/mol. The molecule has 1 unspecified atom stereocenters. The van der Waals surface area contributed by atoms with E-state index in [-0.39, 0.29) is 12.3 Å². The number of ether oxygens (including phenoxy) is 1. The summed E-state index contributed by atoms with van der Waals surface area (Å²) in [4.78, 5) is 14.9. The summed E-state index contributed by atoms with van der Waals surface area (Å²) in [5.74, 6) is 1.42. The molecule has 1 aromatic heterocycles. The molecular formula is C28H33N2O3+. The molecule has 6 rings (SSSR count). The van der Waals surface area contributed by atoms with Crippen molar-refractivity contribution in [2.45, 2.75) is 38.3 Å². The lowest BCUT2D eigenvalue weighted by atomic mass is 9.84. The number of rotatable bonds is 7. The number of hydrogen-bond donors (Lipinski definition) is 0. The lowest BCUT2D eigenvalue weighted by Gasteiger charge is -2.53. The van der Waals surface area contributed by atoms with Crippen molar-refractivity contribution in [1.29, 1.82) is 0 Å². The molecule has 0 spiro atoms. The number of nitrogens with zero attached hydrogens (tertiary/aromatic N) is 2. The molecule has 0 saturated carbocycles. The first kappa shape index (κ1) is 21.8. The smallest absolute Gasteiger partial charge is 0.418 e. The van der Waals surface area contributed by atoms with E-state index in [1.54, 1.807) is 18.2 Å². The lowest BCUT2D eigenvalue weighted by Crippen LogP contribution is -2.65. The fourth-order valence-corrected chi connectivity index (χ4v) is 5.64. The lowest BCUT2D eigenvalue weighted by molar-refractivity contribution is -0.984. The number of furan rings is 1. The maximum absolute atomic E-state index is 13.3. The molecule has 3 saturated heterocycles. The highest BCUT2D eigenvalue weighted by atomic mass is 16.6. The first-order chi connectivity index (χ1) is 16.1. The quantitative estimate of drug-likeness (QED) is 0.412. The molecular weight excluding hydrogens is 412 g/mol.